The highest BCUT2D eigenvalue weighted by molar-refractivity contribution is 5.91. The second-order valence-electron chi connectivity index (χ2n) is 5.49. The third-order valence-corrected chi connectivity index (χ3v) is 2.64. The first kappa shape index (κ1) is 20.1. The van der Waals surface area contributed by atoms with Crippen molar-refractivity contribution in [1.82, 2.24) is 0 Å². The molecule has 0 atom stereocenters. The van der Waals surface area contributed by atoms with E-state index in [-0.39, 0.29) is 24.0 Å². The Morgan fingerprint density at radius 3 is 1.17 bits per heavy atom. The fraction of sp³-hybridized carbons (Fsp3) is 0.333. The molecule has 1 aromatic rings. The number of aliphatic carboxylic acids is 2. The molecule has 126 valence electrons. The van der Waals surface area contributed by atoms with Gasteiger partial charge in [-0.3, -0.25) is 9.59 Å². The van der Waals surface area contributed by atoms with Gasteiger partial charge in [0.15, 0.2) is 0 Å². The van der Waals surface area contributed by atoms with Gasteiger partial charge in [0.1, 0.15) is 0 Å². The average molecular weight is 326 g/mol. The molecule has 0 fully saturated rings. The topological polar surface area (TPSA) is 149 Å². The number of hydrogen-bond acceptors (Lipinski definition) is 4. The second-order valence-corrected chi connectivity index (χ2v) is 5.49. The van der Waals surface area contributed by atoms with Crippen LogP contribution in [0.15, 0.2) is 24.3 Å². The van der Waals surface area contributed by atoms with Crippen LogP contribution in [0.25, 0.3) is 0 Å². The zero-order chi connectivity index (χ0) is 18.2. The standard InChI is InChI=1S/C8H6O4.C7H12O4/c9-7(10)5-1-2-6(4-3-5)8(11)12;1-7(2,3-5(8)9)4-6(10)11/h1-4H,(H,9,10)(H,11,12);3-4H2,1-2H3,(H,8,9)(H,10,11). The second kappa shape index (κ2) is 8.52. The summed E-state index contributed by atoms with van der Waals surface area (Å²) in [6.07, 6.45) is -0.224. The number of hydrogen-bond donors (Lipinski definition) is 4. The number of rotatable bonds is 6. The number of carbonyl (C=O) groups is 4. The van der Waals surface area contributed by atoms with E-state index in [2.05, 4.69) is 0 Å². The van der Waals surface area contributed by atoms with E-state index >= 15 is 0 Å². The molecule has 0 bridgehead atoms. The van der Waals surface area contributed by atoms with Crippen LogP contribution in [0.3, 0.4) is 0 Å². The minimum absolute atomic E-state index is 0.0833. The predicted molar refractivity (Wildman–Crippen MR) is 78.6 cm³/mol. The van der Waals surface area contributed by atoms with Crippen molar-refractivity contribution in [3.8, 4) is 0 Å². The van der Waals surface area contributed by atoms with Crippen LogP contribution in [0.2, 0.25) is 0 Å². The minimum atomic E-state index is -1.06. The first-order chi connectivity index (χ1) is 10.4. The summed E-state index contributed by atoms with van der Waals surface area (Å²) in [5.41, 5.74) is -0.488. The maximum atomic E-state index is 10.3. The molecule has 0 saturated heterocycles. The molecule has 4 N–H and O–H groups in total. The summed E-state index contributed by atoms with van der Waals surface area (Å²) >= 11 is 0. The summed E-state index contributed by atoms with van der Waals surface area (Å²) in [7, 11) is 0. The van der Waals surface area contributed by atoms with E-state index in [1.807, 2.05) is 0 Å². The number of benzene rings is 1. The van der Waals surface area contributed by atoms with Crippen LogP contribution >= 0.6 is 0 Å². The van der Waals surface area contributed by atoms with Crippen molar-refractivity contribution in [3.05, 3.63) is 35.4 Å². The lowest BCUT2D eigenvalue weighted by Gasteiger charge is -2.18. The number of carboxylic acids is 4. The van der Waals surface area contributed by atoms with Crippen LogP contribution in [0.5, 0.6) is 0 Å². The smallest absolute Gasteiger partial charge is 0.335 e. The molecule has 0 aromatic heterocycles. The summed E-state index contributed by atoms with van der Waals surface area (Å²) in [6, 6.07) is 5.02. The summed E-state index contributed by atoms with van der Waals surface area (Å²) in [5, 5.41) is 33.7. The molecule has 23 heavy (non-hydrogen) atoms. The molecule has 0 amide bonds. The molecule has 8 heteroatoms. The largest absolute Gasteiger partial charge is 0.481 e. The lowest BCUT2D eigenvalue weighted by molar-refractivity contribution is -0.142. The van der Waals surface area contributed by atoms with E-state index in [0.29, 0.717) is 0 Å². The van der Waals surface area contributed by atoms with Crippen LogP contribution in [0, 0.1) is 5.41 Å². The summed E-state index contributed by atoms with van der Waals surface area (Å²) in [4.78, 5) is 41.1. The van der Waals surface area contributed by atoms with Gasteiger partial charge in [0, 0.05) is 0 Å². The van der Waals surface area contributed by atoms with E-state index in [1.165, 1.54) is 24.3 Å². The fourth-order valence-electron chi connectivity index (χ4n) is 1.64. The van der Waals surface area contributed by atoms with Gasteiger partial charge in [-0.25, -0.2) is 9.59 Å². The van der Waals surface area contributed by atoms with Crippen molar-refractivity contribution >= 4 is 23.9 Å². The maximum Gasteiger partial charge on any atom is 0.335 e. The van der Waals surface area contributed by atoms with Crippen molar-refractivity contribution in [3.63, 3.8) is 0 Å². The van der Waals surface area contributed by atoms with Crippen molar-refractivity contribution in [2.24, 2.45) is 5.41 Å². The Labute approximate surface area is 132 Å². The molecule has 0 radical (unpaired) electrons. The monoisotopic (exact) mass is 326 g/mol. The van der Waals surface area contributed by atoms with Gasteiger partial charge < -0.3 is 20.4 Å². The Hall–Kier alpha value is -2.90. The molecule has 1 rings (SSSR count). The molecule has 8 nitrogen and oxygen atoms in total. The Kier molecular flexibility index (Phi) is 7.45. The lowest BCUT2D eigenvalue weighted by atomic mass is 9.86. The van der Waals surface area contributed by atoms with E-state index in [1.54, 1.807) is 13.8 Å². The number of aromatic carboxylic acids is 2. The van der Waals surface area contributed by atoms with Crippen molar-refractivity contribution < 1.29 is 39.6 Å². The van der Waals surface area contributed by atoms with Crippen LogP contribution in [-0.2, 0) is 9.59 Å². The van der Waals surface area contributed by atoms with Gasteiger partial charge in [0.2, 0.25) is 0 Å². The molecule has 0 aliphatic heterocycles. The van der Waals surface area contributed by atoms with E-state index < -0.39 is 29.3 Å². The quantitative estimate of drug-likeness (QED) is 0.620. The molecule has 0 spiro atoms. The van der Waals surface area contributed by atoms with Gasteiger partial charge in [0.05, 0.1) is 24.0 Å². The molecule has 0 unspecified atom stereocenters. The van der Waals surface area contributed by atoms with E-state index in [9.17, 15) is 19.2 Å². The maximum absolute atomic E-state index is 10.3. The molecular formula is C15H18O8. The van der Waals surface area contributed by atoms with Crippen LogP contribution in [0.4, 0.5) is 0 Å². The molecule has 0 aliphatic carbocycles. The van der Waals surface area contributed by atoms with Gasteiger partial charge in [0.25, 0.3) is 0 Å². The van der Waals surface area contributed by atoms with Crippen LogP contribution in [0.1, 0.15) is 47.4 Å². The van der Waals surface area contributed by atoms with Crippen molar-refractivity contribution in [1.29, 1.82) is 0 Å². The number of carboxylic acid groups (broad SMARTS) is 4. The van der Waals surface area contributed by atoms with E-state index in [4.69, 9.17) is 20.4 Å². The first-order valence-electron chi connectivity index (χ1n) is 6.45. The highest BCUT2D eigenvalue weighted by Crippen LogP contribution is 2.24. The summed E-state index contributed by atoms with van der Waals surface area (Å²) in [5.74, 6) is -4.05. The average Bonchev–Trinajstić information content (AvgIpc) is 2.36. The van der Waals surface area contributed by atoms with Crippen LogP contribution in [-0.4, -0.2) is 44.3 Å². The predicted octanol–water partition coefficient (Wildman–Crippen LogP) is 2.05. The summed E-state index contributed by atoms with van der Waals surface area (Å²) < 4.78 is 0. The van der Waals surface area contributed by atoms with Gasteiger partial charge in [-0.2, -0.15) is 0 Å². The zero-order valence-corrected chi connectivity index (χ0v) is 12.6. The van der Waals surface area contributed by atoms with Gasteiger partial charge in [-0.15, -0.1) is 0 Å². The van der Waals surface area contributed by atoms with Gasteiger partial charge in [-0.05, 0) is 29.7 Å². The van der Waals surface area contributed by atoms with Gasteiger partial charge in [-0.1, -0.05) is 13.8 Å². The highest BCUT2D eigenvalue weighted by atomic mass is 16.4. The molecular weight excluding hydrogens is 308 g/mol. The third kappa shape index (κ3) is 8.86. The first-order valence-corrected chi connectivity index (χ1v) is 6.45. The lowest BCUT2D eigenvalue weighted by Crippen LogP contribution is -2.20. The Balaban J connectivity index is 0.000000423. The zero-order valence-electron chi connectivity index (χ0n) is 12.6. The normalized spacial score (nSPS) is 10.2. The Morgan fingerprint density at radius 2 is 1.00 bits per heavy atom. The SMILES string of the molecule is CC(C)(CC(=O)O)CC(=O)O.O=C(O)c1ccc(C(=O)O)cc1. The Morgan fingerprint density at radius 1 is 0.739 bits per heavy atom. The van der Waals surface area contributed by atoms with Crippen LogP contribution < -0.4 is 0 Å². The molecule has 0 saturated carbocycles. The minimum Gasteiger partial charge on any atom is -0.481 e. The Bertz CT molecular complexity index is 535. The van der Waals surface area contributed by atoms with E-state index in [0.717, 1.165) is 0 Å². The molecule has 0 aliphatic rings. The van der Waals surface area contributed by atoms with Crippen molar-refractivity contribution in [2.45, 2.75) is 26.7 Å². The summed E-state index contributed by atoms with van der Waals surface area (Å²) in [6.45, 7) is 3.24. The molecule has 0 heterocycles. The fourth-order valence-corrected chi connectivity index (χ4v) is 1.64. The third-order valence-electron chi connectivity index (χ3n) is 2.64. The van der Waals surface area contributed by atoms with Crippen molar-refractivity contribution in [2.75, 3.05) is 0 Å². The molecule has 1 aromatic carbocycles. The highest BCUT2D eigenvalue weighted by Gasteiger charge is 2.24. The van der Waals surface area contributed by atoms with Gasteiger partial charge >= 0.3 is 23.9 Å².